The molecule has 2 rings (SSSR count). The first-order valence-electron chi connectivity index (χ1n) is 7.60. The zero-order valence-corrected chi connectivity index (χ0v) is 13.8. The molecule has 2 fully saturated rings. The summed E-state index contributed by atoms with van der Waals surface area (Å²) >= 11 is 2.01. The molecular formula is C15H27NO3S. The van der Waals surface area contributed by atoms with E-state index in [1.807, 2.05) is 11.8 Å². The summed E-state index contributed by atoms with van der Waals surface area (Å²) in [4.78, 5) is 12.2. The summed E-state index contributed by atoms with van der Waals surface area (Å²) in [7, 11) is 1.49. The van der Waals surface area contributed by atoms with E-state index in [0.717, 1.165) is 32.3 Å². The summed E-state index contributed by atoms with van der Waals surface area (Å²) in [5.74, 6) is -0.106. The Balaban J connectivity index is 1.97. The second kappa shape index (κ2) is 6.67. The van der Waals surface area contributed by atoms with Crippen molar-refractivity contribution >= 4 is 17.7 Å². The topological polar surface area (TPSA) is 47.6 Å². The number of esters is 1. The highest BCUT2D eigenvalue weighted by molar-refractivity contribution is 8.00. The summed E-state index contributed by atoms with van der Waals surface area (Å²) in [6.45, 7) is 7.19. The van der Waals surface area contributed by atoms with Crippen LogP contribution in [0.2, 0.25) is 0 Å². The molecule has 0 aromatic carbocycles. The van der Waals surface area contributed by atoms with Crippen molar-refractivity contribution in [2.45, 2.75) is 74.6 Å². The van der Waals surface area contributed by atoms with Crippen LogP contribution in [0.15, 0.2) is 0 Å². The van der Waals surface area contributed by atoms with Crippen LogP contribution in [-0.2, 0) is 14.3 Å². The van der Waals surface area contributed by atoms with Crippen LogP contribution in [0.3, 0.4) is 0 Å². The Bertz CT molecular complexity index is 350. The van der Waals surface area contributed by atoms with Gasteiger partial charge in [0, 0.05) is 23.1 Å². The van der Waals surface area contributed by atoms with Crippen molar-refractivity contribution in [2.75, 3.05) is 13.7 Å². The van der Waals surface area contributed by atoms with Crippen LogP contribution < -0.4 is 5.32 Å². The van der Waals surface area contributed by atoms with E-state index >= 15 is 0 Å². The Morgan fingerprint density at radius 1 is 1.45 bits per heavy atom. The van der Waals surface area contributed by atoms with E-state index in [-0.39, 0.29) is 12.0 Å². The minimum absolute atomic E-state index is 0.106. The number of carbonyl (C=O) groups excluding carboxylic acids is 1. The number of carbonyl (C=O) groups is 1. The molecule has 5 heteroatoms. The highest BCUT2D eigenvalue weighted by atomic mass is 32.2. The Morgan fingerprint density at radius 3 is 2.75 bits per heavy atom. The predicted molar refractivity (Wildman–Crippen MR) is 82.1 cm³/mol. The molecule has 2 aliphatic rings. The van der Waals surface area contributed by atoms with Gasteiger partial charge in [0.25, 0.3) is 0 Å². The number of nitrogens with one attached hydrogen (secondary N) is 1. The number of ether oxygens (including phenoxy) is 2. The van der Waals surface area contributed by atoms with E-state index in [0.29, 0.717) is 16.6 Å². The number of methoxy groups -OCH3 is 1. The monoisotopic (exact) mass is 301 g/mol. The maximum absolute atomic E-state index is 12.2. The number of rotatable bonds is 5. The van der Waals surface area contributed by atoms with E-state index in [1.54, 1.807) is 0 Å². The van der Waals surface area contributed by atoms with E-state index in [4.69, 9.17) is 9.47 Å². The van der Waals surface area contributed by atoms with E-state index < -0.39 is 5.54 Å². The van der Waals surface area contributed by atoms with Crippen LogP contribution >= 0.6 is 11.8 Å². The standard InChI is InChI=1S/C15H27NO3S/c1-10(2)16-15(14(17)18-4)7-5-12(9-15)20-13-6-8-19-11(13)3/h10-13,16H,5-9H2,1-4H3. The smallest absolute Gasteiger partial charge is 0.326 e. The third-order valence-electron chi connectivity index (χ3n) is 4.28. The molecule has 116 valence electrons. The normalized spacial score (nSPS) is 37.5. The van der Waals surface area contributed by atoms with Crippen molar-refractivity contribution in [3.05, 3.63) is 0 Å². The van der Waals surface area contributed by atoms with Gasteiger partial charge in [0.05, 0.1) is 13.2 Å². The first-order valence-corrected chi connectivity index (χ1v) is 8.54. The zero-order valence-electron chi connectivity index (χ0n) is 13.0. The molecule has 1 aliphatic heterocycles. The van der Waals surface area contributed by atoms with Crippen LogP contribution in [0.5, 0.6) is 0 Å². The summed E-state index contributed by atoms with van der Waals surface area (Å²) in [5.41, 5.74) is -0.483. The average molecular weight is 301 g/mol. The lowest BCUT2D eigenvalue weighted by molar-refractivity contribution is -0.148. The quantitative estimate of drug-likeness (QED) is 0.790. The Kier molecular flexibility index (Phi) is 5.37. The molecule has 1 N–H and O–H groups in total. The van der Waals surface area contributed by atoms with Crippen molar-refractivity contribution < 1.29 is 14.3 Å². The molecule has 1 aliphatic carbocycles. The number of thioether (sulfide) groups is 1. The minimum atomic E-state index is -0.483. The van der Waals surface area contributed by atoms with Gasteiger partial charge < -0.3 is 9.47 Å². The van der Waals surface area contributed by atoms with Gasteiger partial charge in [-0.3, -0.25) is 10.1 Å². The lowest BCUT2D eigenvalue weighted by Gasteiger charge is -2.30. The molecule has 0 aromatic heterocycles. The van der Waals surface area contributed by atoms with Gasteiger partial charge in [-0.25, -0.2) is 0 Å². The highest BCUT2D eigenvalue weighted by Crippen LogP contribution is 2.42. The molecule has 20 heavy (non-hydrogen) atoms. The van der Waals surface area contributed by atoms with Crippen LogP contribution in [-0.4, -0.2) is 47.9 Å². The fourth-order valence-corrected chi connectivity index (χ4v) is 5.04. The second-order valence-electron chi connectivity index (χ2n) is 6.28. The van der Waals surface area contributed by atoms with Crippen molar-refractivity contribution in [2.24, 2.45) is 0 Å². The fourth-order valence-electron chi connectivity index (χ4n) is 3.38. The zero-order chi connectivity index (χ0) is 14.8. The van der Waals surface area contributed by atoms with Crippen molar-refractivity contribution in [3.63, 3.8) is 0 Å². The molecule has 0 spiro atoms. The van der Waals surface area contributed by atoms with Crippen molar-refractivity contribution in [1.29, 1.82) is 0 Å². The van der Waals surface area contributed by atoms with E-state index in [1.165, 1.54) is 7.11 Å². The first-order chi connectivity index (χ1) is 9.47. The van der Waals surface area contributed by atoms with Gasteiger partial charge in [-0.15, -0.1) is 0 Å². The SMILES string of the molecule is COC(=O)C1(NC(C)C)CCC(SC2CCOC2C)C1. The maximum atomic E-state index is 12.2. The largest absolute Gasteiger partial charge is 0.468 e. The molecule has 4 atom stereocenters. The van der Waals surface area contributed by atoms with Gasteiger partial charge in [-0.05, 0) is 46.5 Å². The summed E-state index contributed by atoms with van der Waals surface area (Å²) in [5, 5.41) is 4.55. The van der Waals surface area contributed by atoms with Crippen molar-refractivity contribution in [1.82, 2.24) is 5.32 Å². The molecule has 0 aromatic rings. The molecule has 4 nitrogen and oxygen atoms in total. The van der Waals surface area contributed by atoms with Gasteiger partial charge in [0.1, 0.15) is 5.54 Å². The fraction of sp³-hybridized carbons (Fsp3) is 0.933. The maximum Gasteiger partial charge on any atom is 0.326 e. The third kappa shape index (κ3) is 3.49. The minimum Gasteiger partial charge on any atom is -0.468 e. The van der Waals surface area contributed by atoms with Gasteiger partial charge in [0.2, 0.25) is 0 Å². The molecular weight excluding hydrogens is 274 g/mol. The number of hydrogen-bond acceptors (Lipinski definition) is 5. The third-order valence-corrected chi connectivity index (χ3v) is 6.04. The average Bonchev–Trinajstić information content (AvgIpc) is 2.97. The van der Waals surface area contributed by atoms with Gasteiger partial charge in [-0.1, -0.05) is 0 Å². The Labute approximate surface area is 126 Å². The lowest BCUT2D eigenvalue weighted by atomic mass is 9.96. The highest BCUT2D eigenvalue weighted by Gasteiger charge is 2.47. The van der Waals surface area contributed by atoms with Crippen LogP contribution in [0.1, 0.15) is 46.5 Å². The van der Waals surface area contributed by atoms with Crippen LogP contribution in [0.25, 0.3) is 0 Å². The van der Waals surface area contributed by atoms with E-state index in [2.05, 4.69) is 26.1 Å². The molecule has 0 radical (unpaired) electrons. The second-order valence-corrected chi connectivity index (χ2v) is 7.82. The van der Waals surface area contributed by atoms with Gasteiger partial charge in [-0.2, -0.15) is 11.8 Å². The summed E-state index contributed by atoms with van der Waals surface area (Å²) in [6, 6.07) is 0.284. The lowest BCUT2D eigenvalue weighted by Crippen LogP contribution is -2.53. The summed E-state index contributed by atoms with van der Waals surface area (Å²) in [6.07, 6.45) is 4.28. The number of hydrogen-bond donors (Lipinski definition) is 1. The first kappa shape index (κ1) is 16.1. The molecule has 1 saturated heterocycles. The van der Waals surface area contributed by atoms with Gasteiger partial charge in [0.15, 0.2) is 0 Å². The Hall–Kier alpha value is -0.260. The molecule has 0 amide bonds. The van der Waals surface area contributed by atoms with Gasteiger partial charge >= 0.3 is 5.97 Å². The molecule has 1 heterocycles. The Morgan fingerprint density at radius 2 is 2.20 bits per heavy atom. The summed E-state index contributed by atoms with van der Waals surface area (Å²) < 4.78 is 10.7. The van der Waals surface area contributed by atoms with Crippen LogP contribution in [0, 0.1) is 0 Å². The molecule has 1 saturated carbocycles. The van der Waals surface area contributed by atoms with Crippen LogP contribution in [0.4, 0.5) is 0 Å². The molecule has 4 unspecified atom stereocenters. The molecule has 0 bridgehead atoms. The van der Waals surface area contributed by atoms with E-state index in [9.17, 15) is 4.79 Å². The van der Waals surface area contributed by atoms with Crippen molar-refractivity contribution in [3.8, 4) is 0 Å². The predicted octanol–water partition coefficient (Wildman–Crippen LogP) is 2.36.